The highest BCUT2D eigenvalue weighted by Crippen LogP contribution is 2.22. The molecule has 1 rings (SSSR count). The molecule has 0 aromatic heterocycles. The third kappa shape index (κ3) is 5.29. The Balaban J connectivity index is 2.09. The molecule has 0 N–H and O–H groups in total. The Bertz CT molecular complexity index is 255. The van der Waals surface area contributed by atoms with Crippen LogP contribution in [0.5, 0.6) is 0 Å². The quantitative estimate of drug-likeness (QED) is 0.523. The second-order valence-electron chi connectivity index (χ2n) is 4.29. The lowest BCUT2D eigenvalue weighted by atomic mass is 10.0. The third-order valence-electron chi connectivity index (χ3n) is 2.84. The first-order valence-corrected chi connectivity index (χ1v) is 6.41. The summed E-state index contributed by atoms with van der Waals surface area (Å²) >= 11 is 0. The lowest BCUT2D eigenvalue weighted by molar-refractivity contribution is 0.469. The van der Waals surface area contributed by atoms with Gasteiger partial charge in [-0.1, -0.05) is 69.4 Å². The van der Waals surface area contributed by atoms with Crippen molar-refractivity contribution in [1.82, 2.24) is 0 Å². The Morgan fingerprint density at radius 2 is 1.56 bits per heavy atom. The molecule has 0 aliphatic carbocycles. The molecule has 1 heteroatoms. The minimum Gasteiger partial charge on any atom is -0.235 e. The van der Waals surface area contributed by atoms with Crippen LogP contribution in [0.15, 0.2) is 30.3 Å². The van der Waals surface area contributed by atoms with Gasteiger partial charge in [-0.05, 0) is 18.4 Å². The summed E-state index contributed by atoms with van der Waals surface area (Å²) in [7, 11) is 0. The lowest BCUT2D eigenvalue weighted by Gasteiger charge is -2.06. The molecule has 1 radical (unpaired) electrons. The molecule has 0 saturated heterocycles. The van der Waals surface area contributed by atoms with Gasteiger partial charge in [0, 0.05) is 0 Å². The fourth-order valence-corrected chi connectivity index (χ4v) is 1.82. The summed E-state index contributed by atoms with van der Waals surface area (Å²) in [5.74, 6) is 0. The summed E-state index contributed by atoms with van der Waals surface area (Å²) in [4.78, 5) is 0. The van der Waals surface area contributed by atoms with Gasteiger partial charge in [-0.15, -0.1) is 0 Å². The standard InChI is InChI=1S/C15H22F/c1-2-3-4-5-6-10-13-15(16)14-11-8-7-9-12-14/h7-9,11-12H,2-6,10,13H2,1H3. The summed E-state index contributed by atoms with van der Waals surface area (Å²) < 4.78 is 13.6. The van der Waals surface area contributed by atoms with E-state index in [1.54, 1.807) is 0 Å². The smallest absolute Gasteiger partial charge is 0.173 e. The first kappa shape index (κ1) is 13.2. The van der Waals surface area contributed by atoms with E-state index in [1.165, 1.54) is 25.7 Å². The molecule has 0 saturated carbocycles. The summed E-state index contributed by atoms with van der Waals surface area (Å²) in [5, 5.41) is 0. The highest BCUT2D eigenvalue weighted by atomic mass is 19.1. The molecule has 0 atom stereocenters. The largest absolute Gasteiger partial charge is 0.235 e. The summed E-state index contributed by atoms with van der Waals surface area (Å²) in [6.45, 7) is 2.21. The maximum atomic E-state index is 13.6. The van der Waals surface area contributed by atoms with Crippen LogP contribution < -0.4 is 0 Å². The second-order valence-corrected chi connectivity index (χ2v) is 4.29. The lowest BCUT2D eigenvalue weighted by Crippen LogP contribution is -1.92. The second kappa shape index (κ2) is 8.32. The molecule has 0 unspecified atom stereocenters. The van der Waals surface area contributed by atoms with E-state index >= 15 is 0 Å². The van der Waals surface area contributed by atoms with Crippen molar-refractivity contribution < 1.29 is 4.39 Å². The molecule has 1 aromatic carbocycles. The van der Waals surface area contributed by atoms with Crippen molar-refractivity contribution in [3.63, 3.8) is 0 Å². The van der Waals surface area contributed by atoms with Gasteiger partial charge < -0.3 is 0 Å². The van der Waals surface area contributed by atoms with Gasteiger partial charge in [0.15, 0.2) is 6.17 Å². The molecule has 0 aliphatic heterocycles. The Kier molecular flexibility index (Phi) is 6.87. The van der Waals surface area contributed by atoms with Crippen LogP contribution in [0.2, 0.25) is 0 Å². The van der Waals surface area contributed by atoms with Gasteiger partial charge in [0.05, 0.1) is 0 Å². The first-order valence-electron chi connectivity index (χ1n) is 6.41. The predicted octanol–water partition coefficient (Wildman–Crippen LogP) is 5.29. The van der Waals surface area contributed by atoms with E-state index in [4.69, 9.17) is 0 Å². The molecule has 0 heterocycles. The molecule has 1 aromatic rings. The van der Waals surface area contributed by atoms with E-state index in [9.17, 15) is 4.39 Å². The zero-order valence-electron chi connectivity index (χ0n) is 10.2. The molecule has 0 bridgehead atoms. The van der Waals surface area contributed by atoms with Crippen molar-refractivity contribution in [2.45, 2.75) is 51.9 Å². The first-order chi connectivity index (χ1) is 7.84. The van der Waals surface area contributed by atoms with Crippen LogP contribution in [0.25, 0.3) is 0 Å². The number of hydrogen-bond acceptors (Lipinski definition) is 0. The SMILES string of the molecule is CCCCCCCC[C](F)c1ccccc1. The fraction of sp³-hybridized carbons (Fsp3) is 0.533. The van der Waals surface area contributed by atoms with Crippen LogP contribution >= 0.6 is 0 Å². The fourth-order valence-electron chi connectivity index (χ4n) is 1.82. The van der Waals surface area contributed by atoms with Crippen LogP contribution in [0.1, 0.15) is 57.4 Å². The van der Waals surface area contributed by atoms with Gasteiger partial charge in [0.25, 0.3) is 0 Å². The van der Waals surface area contributed by atoms with Crippen LogP contribution in [-0.4, -0.2) is 0 Å². The van der Waals surface area contributed by atoms with E-state index in [1.807, 2.05) is 30.3 Å². The van der Waals surface area contributed by atoms with E-state index in [0.29, 0.717) is 6.42 Å². The molecule has 0 amide bonds. The third-order valence-corrected chi connectivity index (χ3v) is 2.84. The zero-order chi connectivity index (χ0) is 11.6. The van der Waals surface area contributed by atoms with Crippen LogP contribution in [0.3, 0.4) is 0 Å². The van der Waals surface area contributed by atoms with Crippen LogP contribution in [0.4, 0.5) is 4.39 Å². The minimum atomic E-state index is 0.0380. The van der Waals surface area contributed by atoms with Crippen LogP contribution in [0, 0.1) is 6.17 Å². The Labute approximate surface area is 98.9 Å². The normalized spacial score (nSPS) is 10.9. The van der Waals surface area contributed by atoms with Gasteiger partial charge in [-0.25, -0.2) is 4.39 Å². The number of benzene rings is 1. The highest BCUT2D eigenvalue weighted by Gasteiger charge is 2.09. The predicted molar refractivity (Wildman–Crippen MR) is 67.9 cm³/mol. The number of hydrogen-bond donors (Lipinski definition) is 0. The molecule has 0 spiro atoms. The summed E-state index contributed by atoms with van der Waals surface area (Å²) in [6.07, 6.45) is 7.88. The van der Waals surface area contributed by atoms with Crippen molar-refractivity contribution >= 4 is 0 Å². The molecule has 0 aliphatic rings. The van der Waals surface area contributed by atoms with Gasteiger partial charge in [0.2, 0.25) is 0 Å². The topological polar surface area (TPSA) is 0 Å². The zero-order valence-corrected chi connectivity index (χ0v) is 10.2. The van der Waals surface area contributed by atoms with Crippen molar-refractivity contribution in [2.24, 2.45) is 0 Å². The summed E-state index contributed by atoms with van der Waals surface area (Å²) in [5.41, 5.74) is 0.746. The van der Waals surface area contributed by atoms with Crippen molar-refractivity contribution in [3.8, 4) is 0 Å². The molecule has 0 fully saturated rings. The maximum absolute atomic E-state index is 13.6. The average molecular weight is 221 g/mol. The maximum Gasteiger partial charge on any atom is 0.173 e. The number of halogens is 1. The Morgan fingerprint density at radius 3 is 2.25 bits per heavy atom. The van der Waals surface area contributed by atoms with E-state index in [-0.39, 0.29) is 6.17 Å². The molecule has 89 valence electrons. The van der Waals surface area contributed by atoms with E-state index in [0.717, 1.165) is 18.4 Å². The van der Waals surface area contributed by atoms with Crippen molar-refractivity contribution in [1.29, 1.82) is 0 Å². The van der Waals surface area contributed by atoms with E-state index < -0.39 is 0 Å². The minimum absolute atomic E-state index is 0.0380. The molecule has 0 nitrogen and oxygen atoms in total. The monoisotopic (exact) mass is 221 g/mol. The Hall–Kier alpha value is -0.850. The Morgan fingerprint density at radius 1 is 0.938 bits per heavy atom. The van der Waals surface area contributed by atoms with Gasteiger partial charge in [0.1, 0.15) is 0 Å². The molecular weight excluding hydrogens is 199 g/mol. The van der Waals surface area contributed by atoms with E-state index in [2.05, 4.69) is 6.92 Å². The van der Waals surface area contributed by atoms with Gasteiger partial charge >= 0.3 is 0 Å². The van der Waals surface area contributed by atoms with Gasteiger partial charge in [-0.2, -0.15) is 0 Å². The summed E-state index contributed by atoms with van der Waals surface area (Å²) in [6, 6.07) is 9.37. The van der Waals surface area contributed by atoms with Gasteiger partial charge in [-0.3, -0.25) is 0 Å². The number of rotatable bonds is 8. The average Bonchev–Trinajstić information content (AvgIpc) is 2.34. The molecular formula is C15H22F. The molecule has 16 heavy (non-hydrogen) atoms. The van der Waals surface area contributed by atoms with Crippen molar-refractivity contribution in [3.05, 3.63) is 42.1 Å². The van der Waals surface area contributed by atoms with Crippen LogP contribution in [-0.2, 0) is 0 Å². The van der Waals surface area contributed by atoms with Crippen molar-refractivity contribution in [2.75, 3.05) is 0 Å². The highest BCUT2D eigenvalue weighted by molar-refractivity contribution is 5.26. The number of unbranched alkanes of at least 4 members (excludes halogenated alkanes) is 5.